The molecule has 11 heteroatoms. The molecule has 2 aliphatic heterocycles. The number of halogens is 1. The summed E-state index contributed by atoms with van der Waals surface area (Å²) in [6.45, 7) is 0.560. The van der Waals surface area contributed by atoms with E-state index in [2.05, 4.69) is 15.6 Å². The summed E-state index contributed by atoms with van der Waals surface area (Å²) in [5.74, 6) is -2.60. The van der Waals surface area contributed by atoms with Gasteiger partial charge in [0, 0.05) is 32.2 Å². The number of benzene rings is 1. The van der Waals surface area contributed by atoms with Gasteiger partial charge >= 0.3 is 11.8 Å². The monoisotopic (exact) mass is 501 g/mol. The van der Waals surface area contributed by atoms with Crippen molar-refractivity contribution in [2.24, 2.45) is 5.92 Å². The maximum atomic E-state index is 13.1. The molecular formula is C24H28ClN5O5. The van der Waals surface area contributed by atoms with Gasteiger partial charge in [0.1, 0.15) is 5.82 Å². The van der Waals surface area contributed by atoms with Gasteiger partial charge in [-0.2, -0.15) is 0 Å². The Morgan fingerprint density at radius 1 is 1.26 bits per heavy atom. The fourth-order valence-electron chi connectivity index (χ4n) is 4.82. The predicted octanol–water partition coefficient (Wildman–Crippen LogP) is 1.18. The molecule has 0 unspecified atom stereocenters. The second-order valence-electron chi connectivity index (χ2n) is 9.36. The van der Waals surface area contributed by atoms with Gasteiger partial charge in [-0.3, -0.25) is 23.7 Å². The number of aromatic nitrogens is 2. The number of fused-ring (bicyclic) bond motifs is 2. The molecule has 1 fully saturated rings. The van der Waals surface area contributed by atoms with Crippen LogP contribution in [0.3, 0.4) is 0 Å². The number of aromatic hydroxyl groups is 1. The number of nitrogens with one attached hydrogen (secondary N) is 2. The van der Waals surface area contributed by atoms with Crippen LogP contribution in [0.1, 0.15) is 47.6 Å². The molecule has 0 radical (unpaired) electrons. The van der Waals surface area contributed by atoms with E-state index in [9.17, 15) is 24.3 Å². The number of amides is 3. The first-order chi connectivity index (χ1) is 16.6. The summed E-state index contributed by atoms with van der Waals surface area (Å²) in [7, 11) is 2.95. The molecule has 186 valence electrons. The van der Waals surface area contributed by atoms with Crippen LogP contribution in [-0.4, -0.2) is 57.9 Å². The van der Waals surface area contributed by atoms with Crippen molar-refractivity contribution in [1.82, 2.24) is 25.1 Å². The Kier molecular flexibility index (Phi) is 6.84. The number of hydrogen-bond acceptors (Lipinski definition) is 6. The van der Waals surface area contributed by atoms with E-state index in [1.165, 1.54) is 23.6 Å². The minimum absolute atomic E-state index is 0.169. The molecule has 1 aromatic carbocycles. The number of likely N-dealkylation sites (N-methyl/N-ethyl adjacent to an activating group) is 1. The first-order valence-corrected chi connectivity index (χ1v) is 11.9. The molecule has 10 nitrogen and oxygen atoms in total. The van der Waals surface area contributed by atoms with Gasteiger partial charge in [-0.1, -0.05) is 23.7 Å². The van der Waals surface area contributed by atoms with Crippen LogP contribution < -0.4 is 16.2 Å². The molecule has 2 aromatic rings. The summed E-state index contributed by atoms with van der Waals surface area (Å²) in [6, 6.07) is 7.23. The molecule has 0 spiro atoms. The molecule has 2 bridgehead atoms. The quantitative estimate of drug-likeness (QED) is 0.527. The number of nitrogens with zero attached hydrogens (tertiary/aromatic N) is 3. The van der Waals surface area contributed by atoms with Gasteiger partial charge in [0.25, 0.3) is 11.5 Å². The molecule has 0 saturated heterocycles. The lowest BCUT2D eigenvalue weighted by molar-refractivity contribution is -0.145. The molecule has 1 saturated carbocycles. The molecule has 0 atom stereocenters. The van der Waals surface area contributed by atoms with Gasteiger partial charge < -0.3 is 20.6 Å². The molecule has 1 aliphatic carbocycles. The molecule has 5 rings (SSSR count). The summed E-state index contributed by atoms with van der Waals surface area (Å²) >= 11 is 6.00. The highest BCUT2D eigenvalue weighted by Crippen LogP contribution is 2.42. The van der Waals surface area contributed by atoms with E-state index in [-0.39, 0.29) is 18.3 Å². The number of carbonyl (C=O) groups is 3. The highest BCUT2D eigenvalue weighted by molar-refractivity contribution is 6.35. The van der Waals surface area contributed by atoms with Gasteiger partial charge in [0.15, 0.2) is 5.69 Å². The zero-order chi connectivity index (χ0) is 25.3. The van der Waals surface area contributed by atoms with Crippen molar-refractivity contribution >= 4 is 29.3 Å². The normalized spacial score (nSPS) is 20.5. The van der Waals surface area contributed by atoms with Crippen molar-refractivity contribution in [2.75, 3.05) is 20.6 Å². The van der Waals surface area contributed by atoms with Crippen molar-refractivity contribution in [2.45, 2.75) is 44.2 Å². The molecule has 3 N–H and O–H groups in total. The zero-order valence-electron chi connectivity index (χ0n) is 19.6. The van der Waals surface area contributed by atoms with Crippen LogP contribution >= 0.6 is 11.6 Å². The lowest BCUT2D eigenvalue weighted by atomic mass is 9.77. The Labute approximate surface area is 207 Å². The van der Waals surface area contributed by atoms with Crippen molar-refractivity contribution in [3.63, 3.8) is 0 Å². The topological polar surface area (TPSA) is 134 Å². The average Bonchev–Trinajstić information content (AvgIpc) is 3.06. The third-order valence-corrected chi connectivity index (χ3v) is 6.96. The second-order valence-corrected chi connectivity index (χ2v) is 9.80. The summed E-state index contributed by atoms with van der Waals surface area (Å²) in [5, 5.41) is 16.6. The van der Waals surface area contributed by atoms with E-state index in [1.54, 1.807) is 12.1 Å². The summed E-state index contributed by atoms with van der Waals surface area (Å²) < 4.78 is 1.34. The average molecular weight is 502 g/mol. The Morgan fingerprint density at radius 3 is 2.63 bits per heavy atom. The summed E-state index contributed by atoms with van der Waals surface area (Å²) in [5.41, 5.74) is -1.30. The number of hydrogen-bond donors (Lipinski definition) is 3. The fourth-order valence-corrected chi connectivity index (χ4v) is 5.04. The fraction of sp³-hybridized carbons (Fsp3) is 0.458. The van der Waals surface area contributed by atoms with Crippen molar-refractivity contribution in [3.05, 3.63) is 56.7 Å². The van der Waals surface area contributed by atoms with Crippen molar-refractivity contribution in [1.29, 1.82) is 0 Å². The molecule has 3 heterocycles. The maximum absolute atomic E-state index is 13.1. The maximum Gasteiger partial charge on any atom is 0.311 e. The van der Waals surface area contributed by atoms with Crippen LogP contribution in [0.25, 0.3) is 0 Å². The first-order valence-electron chi connectivity index (χ1n) is 11.5. The van der Waals surface area contributed by atoms with Crippen molar-refractivity contribution < 1.29 is 19.5 Å². The van der Waals surface area contributed by atoms with Crippen LogP contribution in [-0.2, 0) is 28.1 Å². The first kappa shape index (κ1) is 24.7. The van der Waals surface area contributed by atoms with Crippen LogP contribution in [0.5, 0.6) is 5.75 Å². The molecule has 3 amide bonds. The lowest BCUT2D eigenvalue weighted by Crippen LogP contribution is -2.53. The van der Waals surface area contributed by atoms with E-state index in [4.69, 9.17) is 11.6 Å². The van der Waals surface area contributed by atoms with Crippen molar-refractivity contribution in [3.8, 4) is 5.75 Å². The van der Waals surface area contributed by atoms with E-state index in [1.807, 2.05) is 12.1 Å². The number of carbonyl (C=O) groups excluding carboxylic acids is 3. The largest absolute Gasteiger partial charge is 0.501 e. The Morgan fingerprint density at radius 2 is 1.97 bits per heavy atom. The molecule has 3 aliphatic rings. The minimum Gasteiger partial charge on any atom is -0.501 e. The van der Waals surface area contributed by atoms with E-state index >= 15 is 0 Å². The SMILES string of the molecule is CN(C)C(=O)C(=O)NC12CCC(CC1)Cn1c2nc(C(=O)NCCc2cccc(Cl)c2)c(O)c1=O. The molecule has 1 aromatic heterocycles. The van der Waals surface area contributed by atoms with E-state index in [0.29, 0.717) is 43.7 Å². The highest BCUT2D eigenvalue weighted by atomic mass is 35.5. The second kappa shape index (κ2) is 9.69. The third-order valence-electron chi connectivity index (χ3n) is 6.73. The smallest absolute Gasteiger partial charge is 0.311 e. The van der Waals surface area contributed by atoms with Gasteiger partial charge in [-0.05, 0) is 55.7 Å². The Balaban J connectivity index is 1.64. The molecular weight excluding hydrogens is 474 g/mol. The minimum atomic E-state index is -1.08. The van der Waals surface area contributed by atoms with Crippen LogP contribution in [0.15, 0.2) is 29.1 Å². The zero-order valence-corrected chi connectivity index (χ0v) is 20.4. The van der Waals surface area contributed by atoms with Crippen LogP contribution in [0.2, 0.25) is 5.02 Å². The van der Waals surface area contributed by atoms with E-state index < -0.39 is 40.3 Å². The molecule has 35 heavy (non-hydrogen) atoms. The predicted molar refractivity (Wildman–Crippen MR) is 128 cm³/mol. The standard InChI is InChI=1S/C24H28ClN5O5/c1-29(2)22(35)20(33)28-24-9-6-15(7-10-24)13-30-21(34)18(31)17(27-23(24)30)19(32)26-11-8-14-4-3-5-16(25)12-14/h3-5,12,15,31H,6-11,13H2,1-2H3,(H,26,32)(H,28,33). The Hall–Kier alpha value is -3.40. The van der Waals surface area contributed by atoms with Gasteiger partial charge in [0.05, 0.1) is 5.54 Å². The van der Waals surface area contributed by atoms with Gasteiger partial charge in [0.2, 0.25) is 5.75 Å². The van der Waals surface area contributed by atoms with Gasteiger partial charge in [-0.15, -0.1) is 0 Å². The third kappa shape index (κ3) is 4.88. The lowest BCUT2D eigenvalue weighted by Gasteiger charge is -2.37. The van der Waals surface area contributed by atoms with E-state index in [0.717, 1.165) is 5.56 Å². The van der Waals surface area contributed by atoms with Crippen LogP contribution in [0, 0.1) is 5.92 Å². The summed E-state index contributed by atoms with van der Waals surface area (Å²) in [6.07, 6.45) is 2.85. The summed E-state index contributed by atoms with van der Waals surface area (Å²) in [4.78, 5) is 56.5. The Bertz CT molecular complexity index is 1230. The number of rotatable bonds is 5. The highest BCUT2D eigenvalue weighted by Gasteiger charge is 2.46. The van der Waals surface area contributed by atoms with Gasteiger partial charge in [-0.25, -0.2) is 4.98 Å². The van der Waals surface area contributed by atoms with Crippen LogP contribution in [0.4, 0.5) is 0 Å².